The molecule has 1 heterocycles. The molecule has 0 saturated carbocycles. The van der Waals surface area contributed by atoms with E-state index >= 15 is 0 Å². The fraction of sp³-hybridized carbons (Fsp3) is 0.909. The third-order valence-electron chi connectivity index (χ3n) is 2.63. The van der Waals surface area contributed by atoms with E-state index in [1.54, 1.807) is 18.9 Å². The van der Waals surface area contributed by atoms with Crippen molar-refractivity contribution in [1.29, 1.82) is 0 Å². The third kappa shape index (κ3) is 3.80. The van der Waals surface area contributed by atoms with Crippen LogP contribution in [0, 0.1) is 0 Å². The van der Waals surface area contributed by atoms with Crippen LogP contribution >= 0.6 is 0 Å². The van der Waals surface area contributed by atoms with Crippen molar-refractivity contribution in [2.75, 3.05) is 19.6 Å². The second-order valence-corrected chi connectivity index (χ2v) is 4.78. The van der Waals surface area contributed by atoms with Gasteiger partial charge in [-0.2, -0.15) is 0 Å². The highest BCUT2D eigenvalue weighted by atomic mass is 16.3. The lowest BCUT2D eigenvalue weighted by molar-refractivity contribution is -0.139. The van der Waals surface area contributed by atoms with Crippen LogP contribution in [0.2, 0.25) is 0 Å². The molecule has 4 heteroatoms. The van der Waals surface area contributed by atoms with Gasteiger partial charge < -0.3 is 5.11 Å². The highest BCUT2D eigenvalue weighted by molar-refractivity contribution is 5.77. The van der Waals surface area contributed by atoms with Crippen molar-refractivity contribution in [1.82, 2.24) is 10.0 Å². The minimum absolute atomic E-state index is 0.188. The van der Waals surface area contributed by atoms with Crippen LogP contribution in [0.25, 0.3) is 0 Å². The molecule has 1 aliphatic heterocycles. The predicted octanol–water partition coefficient (Wildman–Crippen LogP) is 1.01. The smallest absolute Gasteiger partial charge is 0.238 e. The van der Waals surface area contributed by atoms with E-state index in [0.29, 0.717) is 19.4 Å². The summed E-state index contributed by atoms with van der Waals surface area (Å²) in [6.07, 6.45) is 2.29. The van der Waals surface area contributed by atoms with Crippen LogP contribution in [-0.4, -0.2) is 46.3 Å². The van der Waals surface area contributed by atoms with E-state index in [9.17, 15) is 9.90 Å². The summed E-state index contributed by atoms with van der Waals surface area (Å²) in [5, 5.41) is 13.5. The molecule has 88 valence electrons. The van der Waals surface area contributed by atoms with Crippen molar-refractivity contribution in [2.45, 2.75) is 45.6 Å². The highest BCUT2D eigenvalue weighted by Crippen LogP contribution is 2.16. The molecule has 1 amide bonds. The fourth-order valence-electron chi connectivity index (χ4n) is 1.77. The Morgan fingerprint density at radius 3 is 2.60 bits per heavy atom. The maximum atomic E-state index is 11.6. The molecule has 0 spiro atoms. The first-order valence-electron chi connectivity index (χ1n) is 5.71. The molecule has 0 radical (unpaired) electrons. The summed E-state index contributed by atoms with van der Waals surface area (Å²) < 4.78 is 0. The zero-order valence-corrected chi connectivity index (χ0v) is 9.99. The van der Waals surface area contributed by atoms with Gasteiger partial charge in [0.15, 0.2) is 0 Å². The predicted molar refractivity (Wildman–Crippen MR) is 59.1 cm³/mol. The van der Waals surface area contributed by atoms with Crippen LogP contribution in [0.1, 0.15) is 40.0 Å². The van der Waals surface area contributed by atoms with Gasteiger partial charge in [0.1, 0.15) is 0 Å². The number of hydrogen-bond donors (Lipinski definition) is 1. The summed E-state index contributed by atoms with van der Waals surface area (Å²) in [7, 11) is 0. The molecule has 1 N–H and O–H groups in total. The average Bonchev–Trinajstić information content (AvgIpc) is 2.44. The number of rotatable bonds is 5. The number of hydrazine groups is 1. The molecule has 0 aromatic heterocycles. The van der Waals surface area contributed by atoms with E-state index in [-0.39, 0.29) is 5.91 Å². The second-order valence-electron chi connectivity index (χ2n) is 4.78. The topological polar surface area (TPSA) is 43.8 Å². The molecular weight excluding hydrogens is 192 g/mol. The molecule has 15 heavy (non-hydrogen) atoms. The number of amides is 1. The van der Waals surface area contributed by atoms with E-state index < -0.39 is 5.60 Å². The molecule has 0 unspecified atom stereocenters. The van der Waals surface area contributed by atoms with Crippen LogP contribution in [0.3, 0.4) is 0 Å². The SMILES string of the molecule is CCCN1CCC(=O)N1CCC(C)(C)O. The van der Waals surface area contributed by atoms with E-state index in [0.717, 1.165) is 19.5 Å². The van der Waals surface area contributed by atoms with Crippen molar-refractivity contribution in [2.24, 2.45) is 0 Å². The Balaban J connectivity index is 2.46. The zero-order valence-electron chi connectivity index (χ0n) is 9.99. The van der Waals surface area contributed by atoms with E-state index in [1.165, 1.54) is 0 Å². The molecule has 1 saturated heterocycles. The summed E-state index contributed by atoms with van der Waals surface area (Å²) in [6, 6.07) is 0. The van der Waals surface area contributed by atoms with Crippen LogP contribution < -0.4 is 0 Å². The largest absolute Gasteiger partial charge is 0.390 e. The number of nitrogens with zero attached hydrogens (tertiary/aromatic N) is 2. The lowest BCUT2D eigenvalue weighted by atomic mass is 10.1. The minimum Gasteiger partial charge on any atom is -0.390 e. The van der Waals surface area contributed by atoms with Gasteiger partial charge in [0.05, 0.1) is 5.60 Å². The number of hydrogen-bond acceptors (Lipinski definition) is 3. The molecule has 4 nitrogen and oxygen atoms in total. The van der Waals surface area contributed by atoms with E-state index in [2.05, 4.69) is 11.9 Å². The van der Waals surface area contributed by atoms with Crippen LogP contribution in [-0.2, 0) is 4.79 Å². The van der Waals surface area contributed by atoms with E-state index in [1.807, 2.05) is 0 Å². The molecule has 1 fully saturated rings. The van der Waals surface area contributed by atoms with Crippen molar-refractivity contribution < 1.29 is 9.90 Å². The van der Waals surface area contributed by atoms with Crippen molar-refractivity contribution in [3.05, 3.63) is 0 Å². The molecule has 0 aromatic rings. The minimum atomic E-state index is -0.694. The molecule has 0 bridgehead atoms. The van der Waals surface area contributed by atoms with Gasteiger partial charge >= 0.3 is 0 Å². The average molecular weight is 214 g/mol. The Labute approximate surface area is 91.8 Å². The Morgan fingerprint density at radius 2 is 2.07 bits per heavy atom. The molecule has 0 atom stereocenters. The number of carbonyl (C=O) groups is 1. The summed E-state index contributed by atoms with van der Waals surface area (Å²) >= 11 is 0. The summed E-state index contributed by atoms with van der Waals surface area (Å²) in [5.74, 6) is 0.188. The van der Waals surface area contributed by atoms with Gasteiger partial charge in [-0.1, -0.05) is 6.92 Å². The molecule has 0 aromatic carbocycles. The third-order valence-corrected chi connectivity index (χ3v) is 2.63. The monoisotopic (exact) mass is 214 g/mol. The standard InChI is InChI=1S/C11H22N2O2/c1-4-7-12-8-5-10(14)13(12)9-6-11(2,3)15/h15H,4-9H2,1-3H3. The first-order chi connectivity index (χ1) is 6.94. The molecular formula is C11H22N2O2. The van der Waals surface area contributed by atoms with Gasteiger partial charge in [-0.3, -0.25) is 9.80 Å². The fourth-order valence-corrected chi connectivity index (χ4v) is 1.77. The van der Waals surface area contributed by atoms with Gasteiger partial charge in [-0.25, -0.2) is 5.01 Å². The number of carbonyl (C=O) groups excluding carboxylic acids is 1. The van der Waals surface area contributed by atoms with Gasteiger partial charge in [0.25, 0.3) is 0 Å². The molecule has 0 aliphatic carbocycles. The van der Waals surface area contributed by atoms with Crippen molar-refractivity contribution in [3.63, 3.8) is 0 Å². The molecule has 1 rings (SSSR count). The Kier molecular flexibility index (Phi) is 4.11. The van der Waals surface area contributed by atoms with Gasteiger partial charge in [0.2, 0.25) is 5.91 Å². The normalized spacial score (nSPS) is 18.9. The lowest BCUT2D eigenvalue weighted by Gasteiger charge is -2.29. The zero-order chi connectivity index (χ0) is 11.5. The maximum absolute atomic E-state index is 11.6. The van der Waals surface area contributed by atoms with Crippen LogP contribution in [0.4, 0.5) is 0 Å². The van der Waals surface area contributed by atoms with Gasteiger partial charge in [-0.15, -0.1) is 0 Å². The van der Waals surface area contributed by atoms with Gasteiger partial charge in [0, 0.05) is 26.1 Å². The quantitative estimate of drug-likeness (QED) is 0.742. The summed E-state index contributed by atoms with van der Waals surface area (Å²) in [4.78, 5) is 11.6. The first-order valence-corrected chi connectivity index (χ1v) is 5.71. The summed E-state index contributed by atoms with van der Waals surface area (Å²) in [5.41, 5.74) is -0.694. The van der Waals surface area contributed by atoms with E-state index in [4.69, 9.17) is 0 Å². The maximum Gasteiger partial charge on any atom is 0.238 e. The summed E-state index contributed by atoms with van der Waals surface area (Å²) in [6.45, 7) is 8.05. The Morgan fingerprint density at radius 1 is 1.40 bits per heavy atom. The second kappa shape index (κ2) is 4.94. The number of aliphatic hydroxyl groups is 1. The van der Waals surface area contributed by atoms with Crippen molar-refractivity contribution in [3.8, 4) is 0 Å². The highest BCUT2D eigenvalue weighted by Gasteiger charge is 2.29. The van der Waals surface area contributed by atoms with Crippen LogP contribution in [0.15, 0.2) is 0 Å². The Hall–Kier alpha value is -0.610. The molecule has 1 aliphatic rings. The lowest BCUT2D eigenvalue weighted by Crippen LogP contribution is -2.42. The van der Waals surface area contributed by atoms with Crippen molar-refractivity contribution >= 4 is 5.91 Å². The first kappa shape index (κ1) is 12.5. The Bertz CT molecular complexity index is 223. The van der Waals surface area contributed by atoms with Gasteiger partial charge in [-0.05, 0) is 26.7 Å². The van der Waals surface area contributed by atoms with Crippen LogP contribution in [0.5, 0.6) is 0 Å².